The van der Waals surface area contributed by atoms with Crippen LogP contribution in [0.15, 0.2) is 64.6 Å². The molecule has 150 valence electrons. The number of carbonyl (C=O) groups is 1. The number of anilines is 1. The molecule has 0 spiro atoms. The summed E-state index contributed by atoms with van der Waals surface area (Å²) in [5, 5.41) is 32.2. The fourth-order valence-electron chi connectivity index (χ4n) is 2.61. The molecule has 1 heterocycles. The first-order valence-electron chi connectivity index (χ1n) is 8.56. The second-order valence-corrected chi connectivity index (χ2v) is 6.01. The third kappa shape index (κ3) is 4.45. The van der Waals surface area contributed by atoms with Crippen LogP contribution in [0.3, 0.4) is 0 Å². The molecule has 0 radical (unpaired) electrons. The highest BCUT2D eigenvalue weighted by Crippen LogP contribution is 2.34. The van der Waals surface area contributed by atoms with Gasteiger partial charge in [-0.2, -0.15) is 5.26 Å². The van der Waals surface area contributed by atoms with E-state index in [0.29, 0.717) is 17.0 Å². The van der Waals surface area contributed by atoms with Crippen molar-refractivity contribution in [2.75, 3.05) is 12.4 Å². The predicted octanol–water partition coefficient (Wildman–Crippen LogP) is 4.11. The molecule has 0 saturated heterocycles. The number of nitro groups is 1. The molecular formula is C21H15N3O6. The van der Waals surface area contributed by atoms with Gasteiger partial charge < -0.3 is 19.6 Å². The molecule has 1 amide bonds. The molecule has 0 fully saturated rings. The van der Waals surface area contributed by atoms with Crippen LogP contribution < -0.4 is 10.1 Å². The van der Waals surface area contributed by atoms with Gasteiger partial charge in [0.2, 0.25) is 0 Å². The average Bonchev–Trinajstić information content (AvgIpc) is 3.21. The highest BCUT2D eigenvalue weighted by atomic mass is 16.6. The summed E-state index contributed by atoms with van der Waals surface area (Å²) in [6.07, 6.45) is 1.25. The first-order valence-corrected chi connectivity index (χ1v) is 8.56. The molecular weight excluding hydrogens is 390 g/mol. The van der Waals surface area contributed by atoms with E-state index in [1.54, 1.807) is 12.1 Å². The van der Waals surface area contributed by atoms with Gasteiger partial charge in [0.25, 0.3) is 11.6 Å². The minimum atomic E-state index is -0.658. The van der Waals surface area contributed by atoms with E-state index in [9.17, 15) is 25.3 Å². The number of hydrogen-bond acceptors (Lipinski definition) is 7. The van der Waals surface area contributed by atoms with E-state index in [-0.39, 0.29) is 28.5 Å². The number of nitrogens with one attached hydrogen (secondary N) is 1. The van der Waals surface area contributed by atoms with E-state index in [1.807, 2.05) is 0 Å². The van der Waals surface area contributed by atoms with Gasteiger partial charge in [-0.3, -0.25) is 14.9 Å². The maximum absolute atomic E-state index is 12.3. The summed E-state index contributed by atoms with van der Waals surface area (Å²) in [7, 11) is 1.43. The monoisotopic (exact) mass is 405 g/mol. The molecule has 0 aliphatic heterocycles. The Kier molecular flexibility index (Phi) is 5.79. The van der Waals surface area contributed by atoms with Crippen molar-refractivity contribution in [3.63, 3.8) is 0 Å². The molecule has 3 rings (SSSR count). The largest absolute Gasteiger partial charge is 0.508 e. The van der Waals surface area contributed by atoms with Crippen LogP contribution in [0.2, 0.25) is 0 Å². The van der Waals surface area contributed by atoms with Crippen molar-refractivity contribution in [2.45, 2.75) is 0 Å². The highest BCUT2D eigenvalue weighted by molar-refractivity contribution is 6.09. The van der Waals surface area contributed by atoms with Crippen molar-refractivity contribution >= 4 is 23.4 Å². The SMILES string of the molecule is COc1ccc([N+](=O)[O-])cc1-c1ccc(C=C(C#N)C(=O)Nc2ccc(O)cc2)o1. The Balaban J connectivity index is 1.87. The minimum Gasteiger partial charge on any atom is -0.508 e. The van der Waals surface area contributed by atoms with E-state index in [1.165, 1.54) is 61.7 Å². The number of rotatable bonds is 6. The Bertz CT molecular complexity index is 1170. The number of non-ortho nitro benzene ring substituents is 1. The Labute approximate surface area is 170 Å². The fourth-order valence-corrected chi connectivity index (χ4v) is 2.61. The number of phenolic OH excluding ortho intramolecular Hbond substituents is 1. The van der Waals surface area contributed by atoms with Gasteiger partial charge in [-0.25, -0.2) is 0 Å². The van der Waals surface area contributed by atoms with Crippen LogP contribution >= 0.6 is 0 Å². The lowest BCUT2D eigenvalue weighted by molar-refractivity contribution is -0.384. The average molecular weight is 405 g/mol. The second-order valence-electron chi connectivity index (χ2n) is 6.01. The summed E-state index contributed by atoms with van der Waals surface area (Å²) in [5.74, 6) is 0.239. The van der Waals surface area contributed by atoms with E-state index in [0.717, 1.165) is 0 Å². The van der Waals surface area contributed by atoms with Gasteiger partial charge in [-0.15, -0.1) is 0 Å². The number of ether oxygens (including phenoxy) is 1. The number of carbonyl (C=O) groups excluding carboxylic acids is 1. The maximum Gasteiger partial charge on any atom is 0.270 e. The van der Waals surface area contributed by atoms with Gasteiger partial charge in [-0.05, 0) is 42.5 Å². The number of nitriles is 1. The lowest BCUT2D eigenvalue weighted by Gasteiger charge is -2.06. The van der Waals surface area contributed by atoms with Gasteiger partial charge in [0.05, 0.1) is 17.6 Å². The fraction of sp³-hybridized carbons (Fsp3) is 0.0476. The number of hydrogen-bond donors (Lipinski definition) is 2. The summed E-state index contributed by atoms with van der Waals surface area (Å²) >= 11 is 0. The highest BCUT2D eigenvalue weighted by Gasteiger charge is 2.17. The third-order valence-electron chi connectivity index (χ3n) is 4.06. The number of nitro benzene ring substituents is 1. The Morgan fingerprint density at radius 1 is 1.23 bits per heavy atom. The summed E-state index contributed by atoms with van der Waals surface area (Å²) in [6, 6.07) is 14.7. The topological polar surface area (TPSA) is 139 Å². The Morgan fingerprint density at radius 2 is 1.97 bits per heavy atom. The number of nitrogens with zero attached hydrogens (tertiary/aromatic N) is 2. The van der Waals surface area contributed by atoms with E-state index in [2.05, 4.69) is 5.32 Å². The molecule has 3 aromatic rings. The lowest BCUT2D eigenvalue weighted by Crippen LogP contribution is -2.13. The van der Waals surface area contributed by atoms with Crippen LogP contribution in [0.4, 0.5) is 11.4 Å². The molecule has 9 nitrogen and oxygen atoms in total. The zero-order valence-electron chi connectivity index (χ0n) is 15.7. The van der Waals surface area contributed by atoms with Gasteiger partial charge >= 0.3 is 0 Å². The van der Waals surface area contributed by atoms with Crippen molar-refractivity contribution < 1.29 is 24.0 Å². The smallest absolute Gasteiger partial charge is 0.270 e. The number of phenols is 1. The van der Waals surface area contributed by atoms with Crippen LogP contribution in [0.25, 0.3) is 17.4 Å². The van der Waals surface area contributed by atoms with Crippen molar-refractivity contribution in [3.05, 3.63) is 76.0 Å². The Hall–Kier alpha value is -4.58. The number of methoxy groups -OCH3 is 1. The van der Waals surface area contributed by atoms with Gasteiger partial charge in [0, 0.05) is 23.9 Å². The molecule has 2 N–H and O–H groups in total. The van der Waals surface area contributed by atoms with Gasteiger partial charge in [0.15, 0.2) is 0 Å². The molecule has 0 bridgehead atoms. The molecule has 0 saturated carbocycles. The van der Waals surface area contributed by atoms with Crippen molar-refractivity contribution in [2.24, 2.45) is 0 Å². The van der Waals surface area contributed by atoms with Crippen LogP contribution in [-0.2, 0) is 4.79 Å². The van der Waals surface area contributed by atoms with E-state index < -0.39 is 10.8 Å². The molecule has 0 atom stereocenters. The zero-order chi connectivity index (χ0) is 21.7. The summed E-state index contributed by atoms with van der Waals surface area (Å²) in [4.78, 5) is 22.8. The van der Waals surface area contributed by atoms with E-state index >= 15 is 0 Å². The summed E-state index contributed by atoms with van der Waals surface area (Å²) in [5.41, 5.74) is 0.416. The van der Waals surface area contributed by atoms with Crippen LogP contribution in [0.5, 0.6) is 11.5 Å². The zero-order valence-corrected chi connectivity index (χ0v) is 15.7. The maximum atomic E-state index is 12.3. The summed E-state index contributed by atoms with van der Waals surface area (Å²) in [6.45, 7) is 0. The normalized spacial score (nSPS) is 10.9. The first kappa shape index (κ1) is 20.2. The molecule has 0 aliphatic rings. The number of benzene rings is 2. The van der Waals surface area contributed by atoms with Crippen molar-refractivity contribution in [3.8, 4) is 28.9 Å². The minimum absolute atomic E-state index is 0.0451. The number of aromatic hydroxyl groups is 1. The second kappa shape index (κ2) is 8.62. The van der Waals surface area contributed by atoms with Crippen molar-refractivity contribution in [1.29, 1.82) is 5.26 Å². The molecule has 2 aromatic carbocycles. The first-order chi connectivity index (χ1) is 14.4. The van der Waals surface area contributed by atoms with Crippen molar-refractivity contribution in [1.82, 2.24) is 0 Å². The third-order valence-corrected chi connectivity index (χ3v) is 4.06. The van der Waals surface area contributed by atoms with Crippen LogP contribution in [0, 0.1) is 21.4 Å². The summed E-state index contributed by atoms with van der Waals surface area (Å²) < 4.78 is 10.9. The van der Waals surface area contributed by atoms with Gasteiger partial charge in [0.1, 0.15) is 34.7 Å². The molecule has 1 aromatic heterocycles. The molecule has 0 aliphatic carbocycles. The van der Waals surface area contributed by atoms with Crippen LogP contribution in [0.1, 0.15) is 5.76 Å². The number of furan rings is 1. The van der Waals surface area contributed by atoms with E-state index in [4.69, 9.17) is 9.15 Å². The Morgan fingerprint density at radius 3 is 2.60 bits per heavy atom. The number of amides is 1. The molecule has 30 heavy (non-hydrogen) atoms. The van der Waals surface area contributed by atoms with Gasteiger partial charge in [-0.1, -0.05) is 0 Å². The standard InChI is InChI=1S/C21H15N3O6/c1-29-19-8-4-15(24(27)28)11-18(19)20-9-7-17(30-20)10-13(12-22)21(26)23-14-2-5-16(25)6-3-14/h2-11,25H,1H3,(H,23,26). The molecule has 0 unspecified atom stereocenters. The quantitative estimate of drug-likeness (QED) is 0.207. The predicted molar refractivity (Wildman–Crippen MR) is 108 cm³/mol. The lowest BCUT2D eigenvalue weighted by atomic mass is 10.1. The van der Waals surface area contributed by atoms with Crippen LogP contribution in [-0.4, -0.2) is 23.0 Å². The molecule has 9 heteroatoms.